The first kappa shape index (κ1) is 13.4. The number of amides is 1. The van der Waals surface area contributed by atoms with Gasteiger partial charge in [-0.1, -0.05) is 0 Å². The van der Waals surface area contributed by atoms with Crippen molar-refractivity contribution in [1.82, 2.24) is 15.5 Å². The molecule has 0 atom stereocenters. The zero-order valence-electron chi connectivity index (χ0n) is 9.98. The normalized spacial score (nSPS) is 11.9. The van der Waals surface area contributed by atoms with E-state index in [0.29, 0.717) is 13.1 Å². The second kappa shape index (κ2) is 5.98. The van der Waals surface area contributed by atoms with Gasteiger partial charge in [0.05, 0.1) is 6.54 Å². The van der Waals surface area contributed by atoms with E-state index < -0.39 is 0 Å². The van der Waals surface area contributed by atoms with Crippen LogP contribution < -0.4 is 10.6 Å². The summed E-state index contributed by atoms with van der Waals surface area (Å²) in [6, 6.07) is 0. The lowest BCUT2D eigenvalue weighted by atomic mass is 10.0. The van der Waals surface area contributed by atoms with Gasteiger partial charge in [-0.25, -0.2) is 0 Å². The molecule has 0 fully saturated rings. The molecule has 0 aliphatic heterocycles. The van der Waals surface area contributed by atoms with E-state index in [-0.39, 0.29) is 11.4 Å². The molecule has 84 valence electrons. The topological polar surface area (TPSA) is 44.4 Å². The van der Waals surface area contributed by atoms with Crippen molar-refractivity contribution in [3.8, 4) is 0 Å². The molecule has 0 aliphatic carbocycles. The van der Waals surface area contributed by atoms with Gasteiger partial charge in [0, 0.05) is 18.6 Å². The van der Waals surface area contributed by atoms with Gasteiger partial charge in [-0.15, -0.1) is 0 Å². The Labute approximate surface area is 87.0 Å². The van der Waals surface area contributed by atoms with E-state index in [1.165, 1.54) is 0 Å². The Morgan fingerprint density at radius 1 is 1.36 bits per heavy atom. The molecule has 2 N–H and O–H groups in total. The van der Waals surface area contributed by atoms with Gasteiger partial charge in [0.15, 0.2) is 0 Å². The number of carbonyl (C=O) groups excluding carboxylic acids is 1. The van der Waals surface area contributed by atoms with Crippen molar-refractivity contribution in [1.29, 1.82) is 0 Å². The van der Waals surface area contributed by atoms with Crippen LogP contribution in [0.25, 0.3) is 0 Å². The maximum Gasteiger partial charge on any atom is 0.233 e. The molecule has 0 rings (SSSR count). The molecule has 4 heteroatoms. The van der Waals surface area contributed by atoms with E-state index in [0.717, 1.165) is 6.54 Å². The molecule has 0 heterocycles. The SMILES string of the molecule is CCNC(=O)CNCC(C)(C)N(C)C. The van der Waals surface area contributed by atoms with Gasteiger partial charge in [-0.2, -0.15) is 0 Å². The average molecular weight is 201 g/mol. The minimum absolute atomic E-state index is 0.0575. The van der Waals surface area contributed by atoms with Crippen molar-refractivity contribution in [2.45, 2.75) is 26.3 Å². The maximum absolute atomic E-state index is 11.1. The molecule has 0 spiro atoms. The van der Waals surface area contributed by atoms with Crippen LogP contribution in [0.1, 0.15) is 20.8 Å². The third kappa shape index (κ3) is 5.19. The van der Waals surface area contributed by atoms with Gasteiger partial charge >= 0.3 is 0 Å². The van der Waals surface area contributed by atoms with Crippen molar-refractivity contribution in [2.75, 3.05) is 33.7 Å². The highest BCUT2D eigenvalue weighted by atomic mass is 16.1. The Balaban J connectivity index is 3.68. The van der Waals surface area contributed by atoms with Gasteiger partial charge < -0.3 is 15.5 Å². The van der Waals surface area contributed by atoms with Gasteiger partial charge in [0.1, 0.15) is 0 Å². The Bertz CT molecular complexity index is 178. The number of hydrogen-bond donors (Lipinski definition) is 2. The van der Waals surface area contributed by atoms with Crippen LogP contribution in [-0.4, -0.2) is 50.1 Å². The van der Waals surface area contributed by atoms with Crippen molar-refractivity contribution < 1.29 is 4.79 Å². The first-order chi connectivity index (χ1) is 6.40. The highest BCUT2D eigenvalue weighted by molar-refractivity contribution is 5.77. The lowest BCUT2D eigenvalue weighted by molar-refractivity contribution is -0.120. The Kier molecular flexibility index (Phi) is 5.72. The van der Waals surface area contributed by atoms with E-state index in [4.69, 9.17) is 0 Å². The largest absolute Gasteiger partial charge is 0.355 e. The zero-order chi connectivity index (χ0) is 11.2. The van der Waals surface area contributed by atoms with Crippen LogP contribution in [0, 0.1) is 0 Å². The van der Waals surface area contributed by atoms with Crippen LogP contribution in [0.4, 0.5) is 0 Å². The summed E-state index contributed by atoms with van der Waals surface area (Å²) in [5.74, 6) is 0.0575. The van der Waals surface area contributed by atoms with Gasteiger partial charge in [-0.3, -0.25) is 4.79 Å². The van der Waals surface area contributed by atoms with Crippen LogP contribution in [0.5, 0.6) is 0 Å². The van der Waals surface area contributed by atoms with E-state index in [2.05, 4.69) is 29.4 Å². The zero-order valence-corrected chi connectivity index (χ0v) is 9.98. The second-order valence-corrected chi connectivity index (χ2v) is 4.26. The van der Waals surface area contributed by atoms with E-state index in [9.17, 15) is 4.79 Å². The molecule has 0 unspecified atom stereocenters. The summed E-state index contributed by atoms with van der Waals surface area (Å²) < 4.78 is 0. The molecule has 1 amide bonds. The van der Waals surface area contributed by atoms with Gasteiger partial charge in [0.25, 0.3) is 0 Å². The van der Waals surface area contributed by atoms with Crippen LogP contribution >= 0.6 is 0 Å². The number of nitrogens with one attached hydrogen (secondary N) is 2. The predicted molar refractivity (Wildman–Crippen MR) is 59.3 cm³/mol. The average Bonchev–Trinajstić information content (AvgIpc) is 2.04. The summed E-state index contributed by atoms with van der Waals surface area (Å²) in [5, 5.41) is 5.88. The fraction of sp³-hybridized carbons (Fsp3) is 0.900. The molecule has 0 saturated carbocycles. The third-order valence-corrected chi connectivity index (χ3v) is 2.43. The standard InChI is InChI=1S/C10H23N3O/c1-6-12-9(14)7-11-8-10(2,3)13(4)5/h11H,6-8H2,1-5H3,(H,12,14). The Morgan fingerprint density at radius 2 is 1.93 bits per heavy atom. The summed E-state index contributed by atoms with van der Waals surface area (Å²) in [6.45, 7) is 8.08. The summed E-state index contributed by atoms with van der Waals surface area (Å²) in [5.41, 5.74) is 0.0759. The second-order valence-electron chi connectivity index (χ2n) is 4.26. The number of rotatable bonds is 6. The minimum Gasteiger partial charge on any atom is -0.355 e. The highest BCUT2D eigenvalue weighted by Gasteiger charge is 2.19. The number of hydrogen-bond acceptors (Lipinski definition) is 3. The first-order valence-corrected chi connectivity index (χ1v) is 5.05. The van der Waals surface area contributed by atoms with Crippen molar-refractivity contribution >= 4 is 5.91 Å². The molecule has 0 bridgehead atoms. The number of likely N-dealkylation sites (N-methyl/N-ethyl adjacent to an activating group) is 2. The van der Waals surface area contributed by atoms with Gasteiger partial charge in [0.2, 0.25) is 5.91 Å². The molecule has 14 heavy (non-hydrogen) atoms. The van der Waals surface area contributed by atoms with Crippen molar-refractivity contribution in [3.05, 3.63) is 0 Å². The predicted octanol–water partition coefficient (Wildman–Crippen LogP) is 0.0523. The molecule has 0 aromatic heterocycles. The van der Waals surface area contributed by atoms with Crippen LogP contribution in [0.3, 0.4) is 0 Å². The Hall–Kier alpha value is -0.610. The maximum atomic E-state index is 11.1. The fourth-order valence-corrected chi connectivity index (χ4v) is 0.900. The molecule has 0 aromatic carbocycles. The van der Waals surface area contributed by atoms with E-state index in [1.807, 2.05) is 21.0 Å². The molecule has 0 aromatic rings. The lowest BCUT2D eigenvalue weighted by Gasteiger charge is -2.32. The van der Waals surface area contributed by atoms with Crippen molar-refractivity contribution in [2.24, 2.45) is 0 Å². The molecule has 4 nitrogen and oxygen atoms in total. The summed E-state index contributed by atoms with van der Waals surface area (Å²) in [7, 11) is 4.07. The van der Waals surface area contributed by atoms with Gasteiger partial charge in [-0.05, 0) is 34.9 Å². The number of nitrogens with zero attached hydrogens (tertiary/aromatic N) is 1. The summed E-state index contributed by atoms with van der Waals surface area (Å²) in [6.07, 6.45) is 0. The monoisotopic (exact) mass is 201 g/mol. The van der Waals surface area contributed by atoms with Crippen LogP contribution in [-0.2, 0) is 4.79 Å². The van der Waals surface area contributed by atoms with E-state index in [1.54, 1.807) is 0 Å². The quantitative estimate of drug-likeness (QED) is 0.638. The van der Waals surface area contributed by atoms with Crippen molar-refractivity contribution in [3.63, 3.8) is 0 Å². The number of carbonyl (C=O) groups is 1. The lowest BCUT2D eigenvalue weighted by Crippen LogP contribution is -2.48. The molecular formula is C10H23N3O. The van der Waals surface area contributed by atoms with Crippen LogP contribution in [0.15, 0.2) is 0 Å². The summed E-state index contributed by atoms with van der Waals surface area (Å²) >= 11 is 0. The third-order valence-electron chi connectivity index (χ3n) is 2.43. The van der Waals surface area contributed by atoms with E-state index >= 15 is 0 Å². The molecule has 0 radical (unpaired) electrons. The highest BCUT2D eigenvalue weighted by Crippen LogP contribution is 2.07. The van der Waals surface area contributed by atoms with Crippen LogP contribution in [0.2, 0.25) is 0 Å². The smallest absolute Gasteiger partial charge is 0.233 e. The minimum atomic E-state index is 0.0575. The first-order valence-electron chi connectivity index (χ1n) is 5.05. The Morgan fingerprint density at radius 3 is 2.36 bits per heavy atom. The molecule has 0 saturated heterocycles. The molecular weight excluding hydrogens is 178 g/mol. The fourth-order valence-electron chi connectivity index (χ4n) is 0.900. The molecule has 0 aliphatic rings. The summed E-state index contributed by atoms with van der Waals surface area (Å²) in [4.78, 5) is 13.2.